The number of ether oxygens (including phenoxy) is 1. The molecule has 0 spiro atoms. The van der Waals surface area contributed by atoms with E-state index in [1.54, 1.807) is 24.5 Å². The summed E-state index contributed by atoms with van der Waals surface area (Å²) in [5, 5.41) is 13.9. The molecule has 7 heteroatoms. The number of nitrogens with one attached hydrogen (secondary N) is 1. The zero-order valence-corrected chi connectivity index (χ0v) is 18.1. The molecule has 2 atom stereocenters. The first-order valence-electron chi connectivity index (χ1n) is 9.50. The van der Waals surface area contributed by atoms with Crippen molar-refractivity contribution in [2.24, 2.45) is 0 Å². The maximum Gasteiger partial charge on any atom is 0.253 e. The van der Waals surface area contributed by atoms with E-state index in [9.17, 15) is 9.90 Å². The van der Waals surface area contributed by atoms with Gasteiger partial charge in [-0.05, 0) is 68.3 Å². The molecule has 156 valence electrons. The summed E-state index contributed by atoms with van der Waals surface area (Å²) in [7, 11) is 0. The van der Waals surface area contributed by atoms with Gasteiger partial charge >= 0.3 is 0 Å². The predicted octanol–water partition coefficient (Wildman–Crippen LogP) is 3.57. The lowest BCUT2D eigenvalue weighted by Crippen LogP contribution is -2.53. The Kier molecular flexibility index (Phi) is 6.14. The van der Waals surface area contributed by atoms with Gasteiger partial charge in [0.05, 0.1) is 11.6 Å². The summed E-state index contributed by atoms with van der Waals surface area (Å²) in [6.45, 7) is 5.56. The van der Waals surface area contributed by atoms with Crippen molar-refractivity contribution in [3.63, 3.8) is 0 Å². The number of carbonyl (C=O) groups excluding carboxylic acids is 1. The van der Waals surface area contributed by atoms with Crippen LogP contribution >= 0.6 is 13.5 Å². The summed E-state index contributed by atoms with van der Waals surface area (Å²) in [5.41, 5.74) is 3.21. The van der Waals surface area contributed by atoms with E-state index >= 15 is 0 Å². The molecule has 30 heavy (non-hydrogen) atoms. The summed E-state index contributed by atoms with van der Waals surface area (Å²) in [5.74, 6) is 0.349. The standard InChI is InChI=1S/C23H23N3O3.H2S/c1-14-11-16(8-10-25-14)15-6-7-19-18(12-15)20(21(27)23(2,3)29-19)26-22(28)17-5-4-9-24-13-17;/h4-13,20-21,27H,1-3H3,(H,26,28);1H2/t20-,21+;/m1./s1. The number of amides is 1. The molecule has 0 saturated carbocycles. The molecule has 1 aliphatic heterocycles. The quantitative estimate of drug-likeness (QED) is 0.673. The van der Waals surface area contributed by atoms with Crippen molar-refractivity contribution < 1.29 is 14.6 Å². The maximum atomic E-state index is 12.8. The van der Waals surface area contributed by atoms with Crippen LogP contribution in [0.3, 0.4) is 0 Å². The molecule has 3 heterocycles. The fourth-order valence-corrected chi connectivity index (χ4v) is 3.58. The first kappa shape index (κ1) is 21.8. The number of fused-ring (bicyclic) bond motifs is 1. The minimum atomic E-state index is -0.926. The molecule has 0 radical (unpaired) electrons. The Balaban J connectivity index is 0.00000256. The molecule has 6 nitrogen and oxygen atoms in total. The van der Waals surface area contributed by atoms with Gasteiger partial charge in [-0.1, -0.05) is 6.07 Å². The third-order valence-corrected chi connectivity index (χ3v) is 5.19. The number of rotatable bonds is 3. The van der Waals surface area contributed by atoms with Crippen LogP contribution in [0.1, 0.15) is 41.5 Å². The van der Waals surface area contributed by atoms with Gasteiger partial charge in [0.1, 0.15) is 17.5 Å². The smallest absolute Gasteiger partial charge is 0.253 e. The molecule has 0 unspecified atom stereocenters. The summed E-state index contributed by atoms with van der Waals surface area (Å²) >= 11 is 0. The second-order valence-corrected chi connectivity index (χ2v) is 7.78. The van der Waals surface area contributed by atoms with E-state index in [1.807, 2.05) is 51.1 Å². The van der Waals surface area contributed by atoms with Crippen LogP contribution in [0.25, 0.3) is 11.1 Å². The Labute approximate surface area is 182 Å². The molecule has 0 bridgehead atoms. The van der Waals surface area contributed by atoms with E-state index in [0.29, 0.717) is 11.3 Å². The molecule has 1 aromatic carbocycles. The van der Waals surface area contributed by atoms with Crippen LogP contribution < -0.4 is 10.1 Å². The summed E-state index contributed by atoms with van der Waals surface area (Å²) < 4.78 is 6.04. The zero-order chi connectivity index (χ0) is 20.6. The van der Waals surface area contributed by atoms with Crippen LogP contribution in [-0.2, 0) is 0 Å². The molecule has 2 N–H and O–H groups in total. The van der Waals surface area contributed by atoms with Crippen molar-refractivity contribution >= 4 is 19.4 Å². The molecular formula is C23H25N3O3S. The molecule has 3 aromatic rings. The highest BCUT2D eigenvalue weighted by atomic mass is 32.1. The van der Waals surface area contributed by atoms with Gasteiger partial charge in [-0.15, -0.1) is 0 Å². The van der Waals surface area contributed by atoms with Gasteiger partial charge in [0, 0.05) is 29.8 Å². The molecular weight excluding hydrogens is 398 g/mol. The average Bonchev–Trinajstić information content (AvgIpc) is 2.71. The highest BCUT2D eigenvalue weighted by Crippen LogP contribution is 2.41. The molecule has 1 aliphatic rings. The van der Waals surface area contributed by atoms with E-state index in [4.69, 9.17) is 4.74 Å². The first-order valence-corrected chi connectivity index (χ1v) is 9.50. The molecule has 0 saturated heterocycles. The van der Waals surface area contributed by atoms with Crippen molar-refractivity contribution in [3.05, 3.63) is 77.9 Å². The van der Waals surface area contributed by atoms with Crippen LogP contribution in [0.5, 0.6) is 5.75 Å². The number of carbonyl (C=O) groups is 1. The number of aliphatic hydroxyl groups excluding tert-OH is 1. The topological polar surface area (TPSA) is 84.3 Å². The monoisotopic (exact) mass is 423 g/mol. The van der Waals surface area contributed by atoms with Gasteiger partial charge in [-0.25, -0.2) is 0 Å². The second-order valence-electron chi connectivity index (χ2n) is 7.78. The van der Waals surface area contributed by atoms with Crippen molar-refractivity contribution in [2.75, 3.05) is 0 Å². The number of hydrogen-bond donors (Lipinski definition) is 2. The van der Waals surface area contributed by atoms with Gasteiger partial charge < -0.3 is 15.2 Å². The largest absolute Gasteiger partial charge is 0.485 e. The Morgan fingerprint density at radius 1 is 1.13 bits per heavy atom. The van der Waals surface area contributed by atoms with Crippen LogP contribution in [0, 0.1) is 6.92 Å². The lowest BCUT2D eigenvalue weighted by molar-refractivity contribution is -0.0627. The lowest BCUT2D eigenvalue weighted by Gasteiger charge is -2.42. The highest BCUT2D eigenvalue weighted by molar-refractivity contribution is 7.59. The number of hydrogen-bond acceptors (Lipinski definition) is 5. The van der Waals surface area contributed by atoms with Crippen molar-refractivity contribution in [1.82, 2.24) is 15.3 Å². The third-order valence-electron chi connectivity index (χ3n) is 5.19. The number of nitrogens with zero attached hydrogens (tertiary/aromatic N) is 2. The Morgan fingerprint density at radius 3 is 2.60 bits per heavy atom. The summed E-state index contributed by atoms with van der Waals surface area (Å²) in [4.78, 5) is 21.0. The second kappa shape index (κ2) is 8.45. The number of benzene rings is 1. The molecule has 2 aromatic heterocycles. The molecule has 4 rings (SSSR count). The zero-order valence-electron chi connectivity index (χ0n) is 17.1. The molecule has 0 fully saturated rings. The molecule has 1 amide bonds. The third kappa shape index (κ3) is 4.17. The van der Waals surface area contributed by atoms with Crippen molar-refractivity contribution in [2.45, 2.75) is 38.5 Å². The fraction of sp³-hybridized carbons (Fsp3) is 0.261. The average molecular weight is 424 g/mol. The first-order chi connectivity index (χ1) is 13.8. The van der Waals surface area contributed by atoms with Gasteiger partial charge in [-0.3, -0.25) is 14.8 Å². The van der Waals surface area contributed by atoms with E-state index in [-0.39, 0.29) is 19.4 Å². The Hall–Kier alpha value is -2.90. The normalized spacial score (nSPS) is 19.1. The number of aliphatic hydroxyl groups is 1. The lowest BCUT2D eigenvalue weighted by atomic mass is 9.85. The summed E-state index contributed by atoms with van der Waals surface area (Å²) in [6, 6.07) is 12.5. The molecule has 0 aliphatic carbocycles. The van der Waals surface area contributed by atoms with Crippen LogP contribution in [0.15, 0.2) is 61.1 Å². The maximum absolute atomic E-state index is 12.8. The van der Waals surface area contributed by atoms with Crippen molar-refractivity contribution in [3.8, 4) is 16.9 Å². The van der Waals surface area contributed by atoms with E-state index in [0.717, 1.165) is 22.4 Å². The van der Waals surface area contributed by atoms with Crippen molar-refractivity contribution in [1.29, 1.82) is 0 Å². The Bertz CT molecular complexity index is 1060. The van der Waals surface area contributed by atoms with Gasteiger partial charge in [0.25, 0.3) is 5.91 Å². The van der Waals surface area contributed by atoms with Gasteiger partial charge in [0.2, 0.25) is 0 Å². The van der Waals surface area contributed by atoms with Crippen LogP contribution in [0.2, 0.25) is 0 Å². The SMILES string of the molecule is Cc1cc(-c2ccc3c(c2)[C@@H](NC(=O)c2cccnc2)[C@H](O)C(C)(C)O3)ccn1.S. The van der Waals surface area contributed by atoms with E-state index in [1.165, 1.54) is 6.20 Å². The van der Waals surface area contributed by atoms with Crippen LogP contribution in [0.4, 0.5) is 0 Å². The van der Waals surface area contributed by atoms with E-state index in [2.05, 4.69) is 15.3 Å². The minimum absolute atomic E-state index is 0. The Morgan fingerprint density at radius 2 is 1.90 bits per heavy atom. The predicted molar refractivity (Wildman–Crippen MR) is 120 cm³/mol. The fourth-order valence-electron chi connectivity index (χ4n) is 3.58. The van der Waals surface area contributed by atoms with E-state index < -0.39 is 17.7 Å². The van der Waals surface area contributed by atoms with Crippen LogP contribution in [-0.4, -0.2) is 32.7 Å². The summed E-state index contributed by atoms with van der Waals surface area (Å²) in [6.07, 6.45) is 3.95. The van der Waals surface area contributed by atoms with Gasteiger partial charge in [0.15, 0.2) is 0 Å². The minimum Gasteiger partial charge on any atom is -0.485 e. The number of aromatic nitrogens is 2. The highest BCUT2D eigenvalue weighted by Gasteiger charge is 2.43. The number of pyridine rings is 2. The number of aryl methyl sites for hydroxylation is 1. The van der Waals surface area contributed by atoms with Gasteiger partial charge in [-0.2, -0.15) is 13.5 Å².